The number of aliphatic imine (C=N–C) groups is 1. The first-order chi connectivity index (χ1) is 17.7. The number of carbonyl (C=O) groups is 4. The molecule has 37 heavy (non-hydrogen) atoms. The van der Waals surface area contributed by atoms with Crippen molar-refractivity contribution in [3.8, 4) is 0 Å². The van der Waals surface area contributed by atoms with Gasteiger partial charge in [-0.3, -0.25) is 14.4 Å². The van der Waals surface area contributed by atoms with Gasteiger partial charge >= 0.3 is 5.97 Å². The molecule has 10 heteroatoms. The van der Waals surface area contributed by atoms with Gasteiger partial charge in [-0.1, -0.05) is 36.4 Å². The average molecular weight is 498 g/mol. The molecule has 3 amide bonds. The van der Waals surface area contributed by atoms with Crippen molar-refractivity contribution in [3.63, 3.8) is 0 Å². The molecule has 2 atom stereocenters. The third-order valence-electron chi connectivity index (χ3n) is 6.44. The first kappa shape index (κ1) is 23.9. The van der Waals surface area contributed by atoms with E-state index in [0.717, 1.165) is 4.90 Å². The second-order valence-electron chi connectivity index (χ2n) is 8.90. The lowest BCUT2D eigenvalue weighted by atomic mass is 9.97. The van der Waals surface area contributed by atoms with Gasteiger partial charge in [-0.25, -0.2) is 14.7 Å². The van der Waals surface area contributed by atoms with Gasteiger partial charge in [-0.05, 0) is 41.5 Å². The molecule has 0 saturated heterocycles. The molecule has 0 fully saturated rings. The molecular weight excluding hydrogens is 474 g/mol. The van der Waals surface area contributed by atoms with E-state index in [1.807, 2.05) is 0 Å². The lowest BCUT2D eigenvalue weighted by Gasteiger charge is -2.27. The summed E-state index contributed by atoms with van der Waals surface area (Å²) in [5.41, 5.74) is 15.6. The van der Waals surface area contributed by atoms with Crippen LogP contribution in [0, 0.1) is 0 Å². The van der Waals surface area contributed by atoms with Gasteiger partial charge in [-0.15, -0.1) is 0 Å². The first-order valence-corrected chi connectivity index (χ1v) is 11.5. The van der Waals surface area contributed by atoms with Gasteiger partial charge < -0.3 is 21.9 Å². The Morgan fingerprint density at radius 2 is 1.81 bits per heavy atom. The van der Waals surface area contributed by atoms with Crippen LogP contribution in [0.5, 0.6) is 0 Å². The quantitative estimate of drug-likeness (QED) is 0.298. The Hall–Kier alpha value is -4.83. The minimum atomic E-state index is -1.25. The van der Waals surface area contributed by atoms with Crippen LogP contribution in [0.15, 0.2) is 71.7 Å². The van der Waals surface area contributed by atoms with Crippen LogP contribution in [0.25, 0.3) is 0 Å². The highest BCUT2D eigenvalue weighted by molar-refractivity contribution is 6.42. The SMILES string of the molecule is Nc1ccc2c(c1)C(=O)N(c1ccc(C[C@H](NC(=O)C3=Nc4ccccc4C3N)C(=O)O)cc1)C(=O)C2. The molecule has 0 aromatic heterocycles. The number of carbonyl (C=O) groups excluding carboxylic acids is 3. The Labute approximate surface area is 211 Å². The number of carboxylic acids is 1. The molecule has 0 aliphatic carbocycles. The second-order valence-corrected chi connectivity index (χ2v) is 8.90. The highest BCUT2D eigenvalue weighted by Crippen LogP contribution is 2.32. The van der Waals surface area contributed by atoms with E-state index in [0.29, 0.717) is 39.3 Å². The Morgan fingerprint density at radius 1 is 1.08 bits per heavy atom. The predicted octanol–water partition coefficient (Wildman–Crippen LogP) is 1.90. The largest absolute Gasteiger partial charge is 0.480 e. The minimum Gasteiger partial charge on any atom is -0.480 e. The molecule has 1 unspecified atom stereocenters. The zero-order valence-corrected chi connectivity index (χ0v) is 19.5. The molecule has 0 spiro atoms. The molecule has 0 bridgehead atoms. The number of fused-ring (bicyclic) bond motifs is 2. The van der Waals surface area contributed by atoms with E-state index in [-0.39, 0.29) is 24.5 Å². The number of nitrogens with two attached hydrogens (primary N) is 2. The van der Waals surface area contributed by atoms with E-state index in [1.54, 1.807) is 66.7 Å². The number of rotatable bonds is 6. The Bertz CT molecular complexity index is 1480. The summed E-state index contributed by atoms with van der Waals surface area (Å²) in [6, 6.07) is 16.3. The standard InChI is InChI=1S/C27H23N5O5/c28-16-8-7-15-12-22(33)32(26(35)19(15)13-16)17-9-5-14(6-10-17)11-21(27(36)37)31-25(34)24-23(29)18-3-1-2-4-20(18)30-24/h1-10,13,21,23H,11-12,28-29H2,(H,31,34)(H,36,37)/t21-,23?/m0/s1. The van der Waals surface area contributed by atoms with Crippen molar-refractivity contribution in [2.45, 2.75) is 24.9 Å². The summed E-state index contributed by atoms with van der Waals surface area (Å²) in [5, 5.41) is 12.2. The molecule has 2 heterocycles. The van der Waals surface area contributed by atoms with Crippen LogP contribution in [0.3, 0.4) is 0 Å². The number of imide groups is 1. The maximum Gasteiger partial charge on any atom is 0.326 e. The minimum absolute atomic E-state index is 0.0297. The van der Waals surface area contributed by atoms with E-state index in [4.69, 9.17) is 11.5 Å². The van der Waals surface area contributed by atoms with Gasteiger partial charge in [0.1, 0.15) is 11.8 Å². The van der Waals surface area contributed by atoms with Crippen LogP contribution in [0.4, 0.5) is 17.1 Å². The first-order valence-electron chi connectivity index (χ1n) is 11.5. The van der Waals surface area contributed by atoms with Gasteiger partial charge in [0.2, 0.25) is 5.91 Å². The number of benzene rings is 3. The molecule has 2 aliphatic heterocycles. The van der Waals surface area contributed by atoms with E-state index in [1.165, 1.54) is 0 Å². The monoisotopic (exact) mass is 497 g/mol. The number of amides is 3. The van der Waals surface area contributed by atoms with Crippen LogP contribution >= 0.6 is 0 Å². The molecule has 3 aromatic rings. The van der Waals surface area contributed by atoms with Crippen LogP contribution in [0.2, 0.25) is 0 Å². The van der Waals surface area contributed by atoms with Gasteiger partial charge in [0.15, 0.2) is 0 Å². The third kappa shape index (κ3) is 4.45. The smallest absolute Gasteiger partial charge is 0.326 e. The fraction of sp³-hybridized carbons (Fsp3) is 0.148. The number of aliphatic carboxylic acids is 1. The summed E-state index contributed by atoms with van der Waals surface area (Å²) in [6.45, 7) is 0. The number of anilines is 2. The summed E-state index contributed by atoms with van der Waals surface area (Å²) in [5.74, 6) is -2.73. The lowest BCUT2D eigenvalue weighted by molar-refractivity contribution is -0.141. The van der Waals surface area contributed by atoms with E-state index >= 15 is 0 Å². The highest BCUT2D eigenvalue weighted by atomic mass is 16.4. The van der Waals surface area contributed by atoms with Crippen molar-refractivity contribution in [3.05, 3.63) is 89.0 Å². The number of nitrogens with zero attached hydrogens (tertiary/aromatic N) is 2. The van der Waals surface area contributed by atoms with Crippen molar-refractivity contribution in [1.82, 2.24) is 5.32 Å². The van der Waals surface area contributed by atoms with E-state index in [9.17, 15) is 24.3 Å². The normalized spacial score (nSPS) is 17.1. The number of nitrogen functional groups attached to an aromatic ring is 1. The van der Waals surface area contributed by atoms with Crippen molar-refractivity contribution in [1.29, 1.82) is 0 Å². The molecule has 5 rings (SSSR count). The Kier molecular flexibility index (Phi) is 6.02. The number of hydrogen-bond donors (Lipinski definition) is 4. The van der Waals surface area contributed by atoms with Gasteiger partial charge in [0.25, 0.3) is 11.8 Å². The predicted molar refractivity (Wildman–Crippen MR) is 137 cm³/mol. The maximum atomic E-state index is 13.0. The molecule has 186 valence electrons. The van der Waals surface area contributed by atoms with Gasteiger partial charge in [0.05, 0.1) is 23.8 Å². The number of nitrogens with one attached hydrogen (secondary N) is 1. The van der Waals surface area contributed by atoms with Crippen LogP contribution in [-0.2, 0) is 27.2 Å². The summed E-state index contributed by atoms with van der Waals surface area (Å²) in [6.07, 6.45) is 0.0319. The summed E-state index contributed by atoms with van der Waals surface area (Å²) >= 11 is 0. The fourth-order valence-corrected chi connectivity index (χ4v) is 4.52. The highest BCUT2D eigenvalue weighted by Gasteiger charge is 2.33. The molecule has 3 aromatic carbocycles. The average Bonchev–Trinajstić information content (AvgIpc) is 3.22. The number of carboxylic acid groups (broad SMARTS) is 1. The van der Waals surface area contributed by atoms with Crippen LogP contribution < -0.4 is 21.7 Å². The van der Waals surface area contributed by atoms with Crippen molar-refractivity contribution >= 4 is 46.5 Å². The molecular formula is C27H23N5O5. The lowest BCUT2D eigenvalue weighted by Crippen LogP contribution is -2.46. The Balaban J connectivity index is 1.30. The fourth-order valence-electron chi connectivity index (χ4n) is 4.52. The molecule has 0 radical (unpaired) electrons. The third-order valence-corrected chi connectivity index (χ3v) is 6.44. The maximum absolute atomic E-state index is 13.0. The number of hydrogen-bond acceptors (Lipinski definition) is 7. The van der Waals surface area contributed by atoms with Crippen molar-refractivity contribution < 1.29 is 24.3 Å². The van der Waals surface area contributed by atoms with E-state index < -0.39 is 29.9 Å². The second kappa shape index (κ2) is 9.32. The van der Waals surface area contributed by atoms with Crippen molar-refractivity contribution in [2.24, 2.45) is 10.7 Å². The van der Waals surface area contributed by atoms with E-state index in [2.05, 4.69) is 10.3 Å². The molecule has 2 aliphatic rings. The number of para-hydroxylation sites is 1. The van der Waals surface area contributed by atoms with Crippen LogP contribution in [0.1, 0.15) is 33.1 Å². The van der Waals surface area contributed by atoms with Crippen LogP contribution in [-0.4, -0.2) is 40.6 Å². The topological polar surface area (TPSA) is 168 Å². The zero-order valence-electron chi connectivity index (χ0n) is 19.5. The molecule has 0 saturated carbocycles. The Morgan fingerprint density at radius 3 is 2.51 bits per heavy atom. The summed E-state index contributed by atoms with van der Waals surface area (Å²) < 4.78 is 0. The molecule has 6 N–H and O–H groups in total. The van der Waals surface area contributed by atoms with Gasteiger partial charge in [0, 0.05) is 23.2 Å². The van der Waals surface area contributed by atoms with Crippen molar-refractivity contribution in [2.75, 3.05) is 10.6 Å². The summed E-state index contributed by atoms with van der Waals surface area (Å²) in [7, 11) is 0. The summed E-state index contributed by atoms with van der Waals surface area (Å²) in [4.78, 5) is 55.7. The van der Waals surface area contributed by atoms with Gasteiger partial charge in [-0.2, -0.15) is 0 Å². The molecule has 10 nitrogen and oxygen atoms in total. The zero-order chi connectivity index (χ0) is 26.3.